The third-order valence-electron chi connectivity index (χ3n) is 3.34. The molecule has 1 amide bonds. The fourth-order valence-corrected chi connectivity index (χ4v) is 2.88. The summed E-state index contributed by atoms with van der Waals surface area (Å²) in [6.07, 6.45) is 1.60. The molecule has 0 aliphatic carbocycles. The van der Waals surface area contributed by atoms with Crippen LogP contribution in [0, 0.1) is 0 Å². The van der Waals surface area contributed by atoms with Crippen LogP contribution in [0.2, 0.25) is 0 Å². The van der Waals surface area contributed by atoms with Gasteiger partial charge in [0.25, 0.3) is 5.91 Å². The van der Waals surface area contributed by atoms with Gasteiger partial charge in [-0.25, -0.2) is 4.98 Å². The highest BCUT2D eigenvalue weighted by Gasteiger charge is 2.23. The molecule has 0 aliphatic rings. The maximum absolute atomic E-state index is 12.7. The highest BCUT2D eigenvalue weighted by Crippen LogP contribution is 2.23. The second kappa shape index (κ2) is 5.76. The smallest absolute Gasteiger partial charge is 0.272 e. The van der Waals surface area contributed by atoms with E-state index < -0.39 is 0 Å². The molecule has 0 radical (unpaired) electrons. The Hall–Kier alpha value is -2.41. The lowest BCUT2D eigenvalue weighted by molar-refractivity contribution is 0.0994. The van der Waals surface area contributed by atoms with Crippen LogP contribution in [0.15, 0.2) is 30.5 Å². The molecule has 7 heteroatoms. The first-order chi connectivity index (χ1) is 10.6. The number of carbonyl (C=O) groups excluding carboxylic acids is 1. The van der Waals surface area contributed by atoms with Crippen molar-refractivity contribution in [2.75, 3.05) is 11.9 Å². The quantitative estimate of drug-likeness (QED) is 0.743. The fourth-order valence-electron chi connectivity index (χ4n) is 2.09. The lowest BCUT2D eigenvalue weighted by Crippen LogP contribution is -2.27. The first-order valence-electron chi connectivity index (χ1n) is 6.90. The molecule has 0 atom stereocenters. The summed E-state index contributed by atoms with van der Waals surface area (Å²) in [5, 5.41) is 4.05. The van der Waals surface area contributed by atoms with Crippen LogP contribution in [0.5, 0.6) is 0 Å². The number of hydrogen-bond donors (Lipinski definition) is 0. The molecule has 6 nitrogen and oxygen atoms in total. The summed E-state index contributed by atoms with van der Waals surface area (Å²) in [6, 6.07) is 7.56. The number of aromatic nitrogens is 4. The number of hydrogen-bond acceptors (Lipinski definition) is 6. The summed E-state index contributed by atoms with van der Waals surface area (Å²) in [5.41, 5.74) is 2.27. The number of nitrogens with zero attached hydrogens (tertiary/aromatic N) is 5. The summed E-state index contributed by atoms with van der Waals surface area (Å²) in [7, 11) is 1.69. The SMILES string of the molecule is CC(C)c1nnsc1C(=O)N(C)c1cnc2ccccc2n1. The zero-order chi connectivity index (χ0) is 15.7. The van der Waals surface area contributed by atoms with E-state index in [9.17, 15) is 4.79 Å². The van der Waals surface area contributed by atoms with Crippen LogP contribution in [0.1, 0.15) is 35.1 Å². The number of benzene rings is 1. The lowest BCUT2D eigenvalue weighted by Gasteiger charge is -2.16. The van der Waals surface area contributed by atoms with E-state index in [0.29, 0.717) is 10.7 Å². The first-order valence-corrected chi connectivity index (χ1v) is 7.67. The molecule has 0 fully saturated rings. The molecule has 1 aromatic carbocycles. The number of amides is 1. The Morgan fingerprint density at radius 2 is 1.95 bits per heavy atom. The van der Waals surface area contributed by atoms with E-state index in [1.165, 1.54) is 4.90 Å². The summed E-state index contributed by atoms with van der Waals surface area (Å²) >= 11 is 1.11. The normalized spacial score (nSPS) is 11.1. The van der Waals surface area contributed by atoms with Crippen LogP contribution in [0.3, 0.4) is 0 Å². The summed E-state index contributed by atoms with van der Waals surface area (Å²) in [4.78, 5) is 23.5. The van der Waals surface area contributed by atoms with Crippen LogP contribution >= 0.6 is 11.5 Å². The molecule has 22 heavy (non-hydrogen) atoms. The van der Waals surface area contributed by atoms with Crippen LogP contribution in [0.25, 0.3) is 11.0 Å². The predicted molar refractivity (Wildman–Crippen MR) is 86.3 cm³/mol. The van der Waals surface area contributed by atoms with Crippen LogP contribution in [-0.4, -0.2) is 32.5 Å². The molecule has 0 unspecified atom stereocenters. The molecule has 0 saturated carbocycles. The number of anilines is 1. The maximum Gasteiger partial charge on any atom is 0.272 e. The minimum absolute atomic E-state index is 0.147. The molecule has 0 saturated heterocycles. The molecular formula is C15H15N5OS. The van der Waals surface area contributed by atoms with E-state index in [1.54, 1.807) is 13.2 Å². The first kappa shape index (κ1) is 14.5. The van der Waals surface area contributed by atoms with Gasteiger partial charge in [-0.1, -0.05) is 30.5 Å². The van der Waals surface area contributed by atoms with Gasteiger partial charge in [0.15, 0.2) is 5.82 Å². The van der Waals surface area contributed by atoms with Crippen LogP contribution < -0.4 is 4.90 Å². The lowest BCUT2D eigenvalue weighted by atomic mass is 10.1. The molecule has 2 aromatic heterocycles. The minimum atomic E-state index is -0.164. The van der Waals surface area contributed by atoms with Gasteiger partial charge in [-0.05, 0) is 29.6 Å². The average Bonchev–Trinajstić information content (AvgIpc) is 3.03. The van der Waals surface area contributed by atoms with E-state index in [2.05, 4.69) is 19.6 Å². The van der Waals surface area contributed by atoms with Crippen molar-refractivity contribution in [3.05, 3.63) is 41.0 Å². The molecule has 0 aliphatic heterocycles. The van der Waals surface area contributed by atoms with Crippen molar-refractivity contribution in [3.63, 3.8) is 0 Å². The van der Waals surface area contributed by atoms with Gasteiger partial charge in [-0.15, -0.1) is 5.10 Å². The molecule has 2 heterocycles. The van der Waals surface area contributed by atoms with Gasteiger partial charge in [-0.2, -0.15) is 0 Å². The molecule has 112 valence electrons. The number of fused-ring (bicyclic) bond motifs is 1. The Morgan fingerprint density at radius 1 is 1.23 bits per heavy atom. The van der Waals surface area contributed by atoms with Gasteiger partial charge in [0.1, 0.15) is 4.88 Å². The average molecular weight is 313 g/mol. The number of para-hydroxylation sites is 2. The standard InChI is InChI=1S/C15H15N5OS/c1-9(2)13-14(22-19-18-13)15(21)20(3)12-8-16-10-6-4-5-7-11(10)17-12/h4-9H,1-3H3. The number of carbonyl (C=O) groups is 1. The van der Waals surface area contributed by atoms with E-state index in [4.69, 9.17) is 0 Å². The second-order valence-electron chi connectivity index (χ2n) is 5.22. The summed E-state index contributed by atoms with van der Waals surface area (Å²) < 4.78 is 3.90. The molecular weight excluding hydrogens is 298 g/mol. The Labute approximate surface area is 132 Å². The highest BCUT2D eigenvalue weighted by atomic mass is 32.1. The van der Waals surface area contributed by atoms with Gasteiger partial charge in [0.05, 0.1) is 22.9 Å². The van der Waals surface area contributed by atoms with Gasteiger partial charge in [-0.3, -0.25) is 14.7 Å². The van der Waals surface area contributed by atoms with Gasteiger partial charge < -0.3 is 0 Å². The van der Waals surface area contributed by atoms with Crippen molar-refractivity contribution < 1.29 is 4.79 Å². The topological polar surface area (TPSA) is 71.9 Å². The van der Waals surface area contributed by atoms with Crippen molar-refractivity contribution in [1.82, 2.24) is 19.6 Å². The van der Waals surface area contributed by atoms with Gasteiger partial charge in [0, 0.05) is 7.05 Å². The maximum atomic E-state index is 12.7. The predicted octanol–water partition coefficient (Wildman–Crippen LogP) is 2.88. The zero-order valence-electron chi connectivity index (χ0n) is 12.5. The highest BCUT2D eigenvalue weighted by molar-refractivity contribution is 7.08. The monoisotopic (exact) mass is 313 g/mol. The van der Waals surface area contributed by atoms with E-state index in [1.807, 2.05) is 38.1 Å². The van der Waals surface area contributed by atoms with Crippen molar-refractivity contribution in [1.29, 1.82) is 0 Å². The Kier molecular flexibility index (Phi) is 3.81. The second-order valence-corrected chi connectivity index (χ2v) is 5.98. The Balaban J connectivity index is 1.96. The third kappa shape index (κ3) is 2.55. The number of rotatable bonds is 3. The minimum Gasteiger partial charge on any atom is -0.294 e. The van der Waals surface area contributed by atoms with E-state index in [-0.39, 0.29) is 11.8 Å². The van der Waals surface area contributed by atoms with E-state index in [0.717, 1.165) is 28.3 Å². The fraction of sp³-hybridized carbons (Fsp3) is 0.267. The molecule has 0 spiro atoms. The molecule has 0 N–H and O–H groups in total. The van der Waals surface area contributed by atoms with E-state index >= 15 is 0 Å². The molecule has 3 aromatic rings. The Bertz CT molecular complexity index is 829. The van der Waals surface area contributed by atoms with Gasteiger partial charge >= 0.3 is 0 Å². The third-order valence-corrected chi connectivity index (χ3v) is 4.07. The molecule has 3 rings (SSSR count). The van der Waals surface area contributed by atoms with Gasteiger partial charge in [0.2, 0.25) is 0 Å². The zero-order valence-corrected chi connectivity index (χ0v) is 13.3. The van der Waals surface area contributed by atoms with Crippen molar-refractivity contribution in [2.24, 2.45) is 0 Å². The van der Waals surface area contributed by atoms with Crippen LogP contribution in [0.4, 0.5) is 5.82 Å². The van der Waals surface area contributed by atoms with Crippen LogP contribution in [-0.2, 0) is 0 Å². The van der Waals surface area contributed by atoms with Crippen molar-refractivity contribution in [2.45, 2.75) is 19.8 Å². The van der Waals surface area contributed by atoms with Crippen molar-refractivity contribution >= 4 is 34.3 Å². The summed E-state index contributed by atoms with van der Waals surface area (Å²) in [6.45, 7) is 3.98. The van der Waals surface area contributed by atoms with Crippen molar-refractivity contribution in [3.8, 4) is 0 Å². The summed E-state index contributed by atoms with van der Waals surface area (Å²) in [5.74, 6) is 0.490. The molecule has 0 bridgehead atoms. The largest absolute Gasteiger partial charge is 0.294 e. The Morgan fingerprint density at radius 3 is 2.68 bits per heavy atom.